The van der Waals surface area contributed by atoms with E-state index < -0.39 is 115 Å². The number of piperidine rings is 1. The van der Waals surface area contributed by atoms with Crippen LogP contribution >= 0.6 is 82.6 Å². The van der Waals surface area contributed by atoms with E-state index >= 15 is 0 Å². The lowest BCUT2D eigenvalue weighted by Crippen LogP contribution is -2.85. The number of nitro groups is 2. The molecule has 0 unspecified atom stereocenters. The van der Waals surface area contributed by atoms with Gasteiger partial charge in [0.1, 0.15) is 50.4 Å². The molecule has 0 bridgehead atoms. The number of quaternary nitrogens is 1. The van der Waals surface area contributed by atoms with Crippen LogP contribution in [0, 0.1) is 31.6 Å². The molecule has 10 rings (SSSR count). The van der Waals surface area contributed by atoms with Gasteiger partial charge in [-0.3, -0.25) is 49.0 Å². The Labute approximate surface area is 761 Å². The van der Waals surface area contributed by atoms with E-state index in [1.807, 2.05) is 0 Å². The number of aromatic amines is 1. The highest BCUT2D eigenvalue weighted by atomic mass is 79.9. The van der Waals surface area contributed by atoms with E-state index in [0.29, 0.717) is 63.7 Å². The van der Waals surface area contributed by atoms with Gasteiger partial charge in [-0.05, 0) is 186 Å². The standard InChI is InChI=1S/C14H11BrClF3N4O.C14H10BrF3N4O.C8H8F3N3O2.C8H10F3N3.C6H2BrCl2NO.C6H3F3N2O3.C5H5F3O.C5H11N.C3H7NO.C2H3N.CH4O.CH4.H2O/c1-2-20-12-9(3-4-10(23-12)14(17,18)19)22-13(24)8-5-7(15)6-21-11(8)16;1-2-22-11-8(5-7(15)6-19-11)13(23)20-9-3-4-10(14(16,17)18)21-12(9)22;1-2-12-7-5(14(15)16)3-4-6(13-7)8(9,10)11;1-2-13-7-5(12)3-4-6(14-7)8(9,10)11;7-3-1-4(6(9)11)5(8)10-2-3;7-6(8,9)4-2-1-3(11(13)14)5(12)10-4;1-2-3-4(9)5(6,7)8;1-2-4-6-5-3-1;1-2-3(4)5;1-2-3;1-2;;/h3-6H,2H2,1H3,(H,20,23)(H,22,24);3-6H,2H2,1H3,(H,20,23);3-4H,2H2,1H3,(H,12,13);3-4H,2,12H2,1H3,(H,13,14);1-2H;1-2H,(H,10,12);2-3H,1H3;6H,1-5H2;2H2,1H3,(H2,4,5);1H3;2H,1H3;1H4;1H2/p+1/b;;;;;;3-2+;;;;;;. The van der Waals surface area contributed by atoms with Crippen LogP contribution in [0.1, 0.15) is 141 Å². The smallest absolute Gasteiger partial charge is 0.412 e. The molecule has 0 spiro atoms. The molecule has 1 saturated heterocycles. The van der Waals surface area contributed by atoms with Gasteiger partial charge in [-0.1, -0.05) is 43.6 Å². The summed E-state index contributed by atoms with van der Waals surface area (Å²) < 4.78 is 222. The highest BCUT2D eigenvalue weighted by molar-refractivity contribution is 9.11. The van der Waals surface area contributed by atoms with Gasteiger partial charge in [-0.2, -0.15) is 84.3 Å². The molecular formula is C73H81Br3Cl3F18N20O12+. The number of anilines is 8. The van der Waals surface area contributed by atoms with Gasteiger partial charge < -0.3 is 63.8 Å². The number of carbonyl (C=O) groups is 5. The Bertz CT molecular complexity index is 5100. The van der Waals surface area contributed by atoms with Gasteiger partial charge in [-0.15, -0.1) is 0 Å². The lowest BCUT2D eigenvalue weighted by Gasteiger charge is -2.22. The largest absolute Gasteiger partial charge is 0.454 e. The molecule has 0 saturated carbocycles. The number of primary amides is 1. The highest BCUT2D eigenvalue weighted by Crippen LogP contribution is 2.40. The first-order valence-corrected chi connectivity index (χ1v) is 38.8. The summed E-state index contributed by atoms with van der Waals surface area (Å²) in [7, 11) is 1.00. The van der Waals surface area contributed by atoms with Crippen molar-refractivity contribution in [2.45, 2.75) is 119 Å². The van der Waals surface area contributed by atoms with Crippen LogP contribution in [-0.4, -0.2) is 142 Å². The number of alkyl halides is 18. The molecule has 712 valence electrons. The fourth-order valence-corrected chi connectivity index (χ4v) is 10.1. The number of rotatable bonds is 14. The van der Waals surface area contributed by atoms with E-state index in [0.717, 1.165) is 43.5 Å². The van der Waals surface area contributed by atoms with Gasteiger partial charge in [0.15, 0.2) is 11.6 Å². The Morgan fingerprint density at radius 3 is 1.43 bits per heavy atom. The van der Waals surface area contributed by atoms with Gasteiger partial charge in [0.2, 0.25) is 11.7 Å². The summed E-state index contributed by atoms with van der Waals surface area (Å²) >= 11 is 26.2. The summed E-state index contributed by atoms with van der Waals surface area (Å²) in [5.41, 5.74) is 2.88. The number of pyridine rings is 8. The maximum Gasteiger partial charge on any atom is 0.454 e. The number of H-pyrrole nitrogens is 1. The van der Waals surface area contributed by atoms with E-state index in [1.54, 1.807) is 46.8 Å². The molecule has 3 amide bonds. The van der Waals surface area contributed by atoms with E-state index in [-0.39, 0.29) is 98.5 Å². The summed E-state index contributed by atoms with van der Waals surface area (Å²) in [5.74, 6) is -3.23. The van der Waals surface area contributed by atoms with Crippen LogP contribution in [-0.2, 0) is 40.5 Å². The molecule has 15 N–H and O–H groups in total. The van der Waals surface area contributed by atoms with Crippen molar-refractivity contribution in [1.82, 2.24) is 39.9 Å². The molecule has 0 atom stereocenters. The van der Waals surface area contributed by atoms with Crippen molar-refractivity contribution < 1.29 is 129 Å². The van der Waals surface area contributed by atoms with Gasteiger partial charge in [0.05, 0.1) is 62.8 Å². The summed E-state index contributed by atoms with van der Waals surface area (Å²) in [6.07, 6.45) is -16.9. The second kappa shape index (κ2) is 58.3. The molecule has 0 aromatic carbocycles. The molecule has 0 aliphatic carbocycles. The molecule has 2 aliphatic rings. The lowest BCUT2D eigenvalue weighted by molar-refractivity contribution is -0.662. The minimum Gasteiger partial charge on any atom is -0.412 e. The van der Waals surface area contributed by atoms with Crippen LogP contribution < -0.4 is 53.8 Å². The number of aliphatic hydroxyl groups is 1. The van der Waals surface area contributed by atoms with Gasteiger partial charge in [0, 0.05) is 90.8 Å². The summed E-state index contributed by atoms with van der Waals surface area (Å²) in [4.78, 5) is 112. The predicted octanol–water partition coefficient (Wildman–Crippen LogP) is 18.6. The zero-order valence-corrected chi connectivity index (χ0v) is 74.2. The van der Waals surface area contributed by atoms with E-state index in [1.165, 1.54) is 98.9 Å². The minimum absolute atomic E-state index is 0. The first-order chi connectivity index (χ1) is 58.9. The van der Waals surface area contributed by atoms with Crippen LogP contribution in [0.4, 0.5) is 137 Å². The number of hydrogen-bond acceptors (Lipinski definition) is 24. The fraction of sp³-hybridized carbons (Fsp3) is 0.342. The Kier molecular flexibility index (Phi) is 55.1. The zero-order chi connectivity index (χ0) is 97.9. The van der Waals surface area contributed by atoms with Crippen LogP contribution in [0.2, 0.25) is 10.3 Å². The first-order valence-electron chi connectivity index (χ1n) is 35.3. The van der Waals surface area contributed by atoms with Crippen molar-refractivity contribution in [2.75, 3.05) is 83.6 Å². The van der Waals surface area contributed by atoms with E-state index in [2.05, 4.69) is 120 Å². The van der Waals surface area contributed by atoms with Crippen molar-refractivity contribution in [1.29, 1.82) is 5.26 Å². The third-order valence-electron chi connectivity index (χ3n) is 14.1. The molecular weight excluding hydrogens is 2040 g/mol. The quantitative estimate of drug-likeness (QED) is 0.0121. The zero-order valence-electron chi connectivity index (χ0n) is 67.2. The second-order valence-corrected chi connectivity index (χ2v) is 27.1. The number of nitrogens with zero attached hydrogens (tertiary/aromatic N) is 11. The van der Waals surface area contributed by atoms with Crippen molar-refractivity contribution in [2.24, 2.45) is 5.73 Å². The van der Waals surface area contributed by atoms with Crippen molar-refractivity contribution >= 4 is 169 Å². The third-order valence-corrected chi connectivity index (χ3v) is 16.2. The normalized spacial score (nSPS) is 11.7. The number of aromatic nitrogens is 8. The summed E-state index contributed by atoms with van der Waals surface area (Å²) in [6.45, 7) is 15.4. The number of hydrogen-bond donors (Lipinski definition) is 10. The third kappa shape index (κ3) is 44.1. The van der Waals surface area contributed by atoms with Gasteiger partial charge >= 0.3 is 54.0 Å². The number of nitriles is 1. The SMILES string of the molecule is C.C/C=C/C(=O)C(F)(F)F.C1CC[NH2+]CC1.CC#N.CCC(N)=O.CCN1c2nc(C(F)(F)F)ccc2NC(=O)c2cc(Br)cnc21.CCNc1nc(C(F)(F)F)ccc1N.CCNc1nc(C(F)(F)F)ccc1NC(=O)c1cc(Br)cnc1Cl.CCNc1nc(C(F)(F)F)ccc1[N+](=O)[O-].CO.O.O=C(Cl)c1cc(Br)cnc1Cl.O=c1[nH]c(C(F)(F)F)ccc1[N+](=O)[O-]. The monoisotopic (exact) mass is 2110 g/mol. The number of nitrogens with two attached hydrogens (primary N) is 3. The van der Waals surface area contributed by atoms with Crippen LogP contribution in [0.25, 0.3) is 0 Å². The van der Waals surface area contributed by atoms with Gasteiger partial charge in [-0.25, -0.2) is 34.9 Å². The van der Waals surface area contributed by atoms with Crippen LogP contribution in [0.15, 0.2) is 128 Å². The van der Waals surface area contributed by atoms with Crippen molar-refractivity contribution in [3.05, 3.63) is 209 Å². The predicted molar refractivity (Wildman–Crippen MR) is 454 cm³/mol. The fourth-order valence-electron chi connectivity index (χ4n) is 8.58. The topological polar surface area (TPSA) is 502 Å². The number of fused-ring (bicyclic) bond motifs is 2. The Morgan fingerprint density at radius 1 is 0.620 bits per heavy atom. The molecule has 2 aliphatic heterocycles. The molecule has 8 aromatic heterocycles. The van der Waals surface area contributed by atoms with E-state index in [4.69, 9.17) is 50.9 Å². The lowest BCUT2D eigenvalue weighted by atomic mass is 10.2. The maximum absolute atomic E-state index is 12.9. The number of allylic oxidation sites excluding steroid dienone is 2. The number of carbonyl (C=O) groups excluding carboxylic acids is 5. The second-order valence-electron chi connectivity index (χ2n) is 23.3. The minimum atomic E-state index is -4.72. The van der Waals surface area contributed by atoms with Crippen LogP contribution in [0.3, 0.4) is 0 Å². The average molecular weight is 2120 g/mol. The molecule has 10 heterocycles. The molecule has 0 radical (unpaired) electrons. The maximum atomic E-state index is 12.9. The molecule has 8 aromatic rings. The number of ketones is 1. The molecule has 32 nitrogen and oxygen atoms in total. The van der Waals surface area contributed by atoms with E-state index in [9.17, 15) is 128 Å². The van der Waals surface area contributed by atoms with Crippen LogP contribution in [0.5, 0.6) is 0 Å². The number of aliphatic hydroxyl groups excluding tert-OH is 1. The summed E-state index contributed by atoms with van der Waals surface area (Å²) in [5, 5.41) is 49.6. The number of nitrogens with one attached hydrogen (secondary N) is 6. The van der Waals surface area contributed by atoms with Crippen molar-refractivity contribution in [3.8, 4) is 6.07 Å². The highest BCUT2D eigenvalue weighted by Gasteiger charge is 2.39. The number of amides is 3. The van der Waals surface area contributed by atoms with Crippen molar-refractivity contribution in [3.63, 3.8) is 0 Å². The Morgan fingerprint density at radius 2 is 1.03 bits per heavy atom. The number of nitrogen functional groups attached to an aromatic ring is 1. The van der Waals surface area contributed by atoms with Gasteiger partial charge in [0.25, 0.3) is 22.8 Å². The molecule has 129 heavy (non-hydrogen) atoms. The Balaban J connectivity index is -0.00000142. The molecule has 1 fully saturated rings. The molecule has 56 heteroatoms. The average Bonchev–Trinajstić information content (AvgIpc) is 1.63. The Hall–Kier alpha value is -11.3. The first kappa shape index (κ1) is 122. The summed E-state index contributed by atoms with van der Waals surface area (Å²) in [6, 6.07) is 14.6. The number of halogens is 24.